The third-order valence-electron chi connectivity index (χ3n) is 2.54. The number of rotatable bonds is 4. The maximum absolute atomic E-state index is 11.8. The number of carboxylic acids is 1. The first-order chi connectivity index (χ1) is 6.94. The number of amides is 2. The highest BCUT2D eigenvalue weighted by atomic mass is 16.4. The van der Waals surface area contributed by atoms with Crippen LogP contribution in [0.3, 0.4) is 0 Å². The van der Waals surface area contributed by atoms with Gasteiger partial charge in [0.05, 0.1) is 0 Å². The molecule has 2 amide bonds. The fourth-order valence-electron chi connectivity index (χ4n) is 1.54. The minimum atomic E-state index is -1.08. The zero-order valence-electron chi connectivity index (χ0n) is 8.74. The van der Waals surface area contributed by atoms with Crippen molar-refractivity contribution in [1.82, 2.24) is 10.2 Å². The molecule has 0 atom stereocenters. The van der Waals surface area contributed by atoms with E-state index in [2.05, 4.69) is 5.32 Å². The van der Waals surface area contributed by atoms with Crippen molar-refractivity contribution in [1.29, 1.82) is 0 Å². The molecule has 6 nitrogen and oxygen atoms in total. The van der Waals surface area contributed by atoms with Crippen molar-refractivity contribution in [3.8, 4) is 0 Å². The number of hydrogen-bond donors (Lipinski definition) is 2. The summed E-state index contributed by atoms with van der Waals surface area (Å²) in [7, 11) is 2.85. The van der Waals surface area contributed by atoms with E-state index in [9.17, 15) is 14.4 Å². The van der Waals surface area contributed by atoms with Crippen molar-refractivity contribution in [3.05, 3.63) is 0 Å². The zero-order valence-corrected chi connectivity index (χ0v) is 8.74. The fourth-order valence-corrected chi connectivity index (χ4v) is 1.54. The number of aliphatic carboxylic acids is 1. The molecule has 0 aromatic rings. The average molecular weight is 214 g/mol. The van der Waals surface area contributed by atoms with Gasteiger partial charge in [-0.05, 0) is 12.8 Å². The molecule has 84 valence electrons. The molecule has 0 aromatic heterocycles. The molecular formula is C9H14N2O4. The Labute approximate surface area is 87.2 Å². The van der Waals surface area contributed by atoms with Crippen LogP contribution >= 0.6 is 0 Å². The van der Waals surface area contributed by atoms with Crippen molar-refractivity contribution in [2.24, 2.45) is 5.41 Å². The van der Waals surface area contributed by atoms with Crippen molar-refractivity contribution < 1.29 is 19.5 Å². The predicted molar refractivity (Wildman–Crippen MR) is 51.0 cm³/mol. The quantitative estimate of drug-likeness (QED) is 0.591. The van der Waals surface area contributed by atoms with Gasteiger partial charge in [-0.1, -0.05) is 0 Å². The molecule has 1 aliphatic rings. The first-order valence-electron chi connectivity index (χ1n) is 4.63. The number of likely N-dealkylation sites (N-methyl/N-ethyl adjacent to an activating group) is 1. The summed E-state index contributed by atoms with van der Waals surface area (Å²) >= 11 is 0. The molecule has 15 heavy (non-hydrogen) atoms. The van der Waals surface area contributed by atoms with Crippen molar-refractivity contribution in [3.63, 3.8) is 0 Å². The highest BCUT2D eigenvalue weighted by molar-refractivity contribution is 6.08. The minimum Gasteiger partial charge on any atom is -0.480 e. The smallest absolute Gasteiger partial charge is 0.323 e. The van der Waals surface area contributed by atoms with Gasteiger partial charge in [0.15, 0.2) is 0 Å². The molecule has 0 unspecified atom stereocenters. The van der Waals surface area contributed by atoms with Gasteiger partial charge >= 0.3 is 5.97 Å². The summed E-state index contributed by atoms with van der Waals surface area (Å²) in [6.45, 7) is -0.377. The van der Waals surface area contributed by atoms with Crippen LogP contribution in [0.25, 0.3) is 0 Å². The van der Waals surface area contributed by atoms with Crippen LogP contribution in [-0.2, 0) is 14.4 Å². The molecule has 0 aliphatic heterocycles. The van der Waals surface area contributed by atoms with Crippen LogP contribution in [0.1, 0.15) is 12.8 Å². The van der Waals surface area contributed by atoms with E-state index in [1.54, 1.807) is 0 Å². The normalized spacial score (nSPS) is 16.7. The topological polar surface area (TPSA) is 86.7 Å². The molecule has 1 saturated carbocycles. The largest absolute Gasteiger partial charge is 0.480 e. The zero-order chi connectivity index (χ0) is 11.6. The van der Waals surface area contributed by atoms with Crippen LogP contribution in [0, 0.1) is 5.41 Å². The maximum Gasteiger partial charge on any atom is 0.323 e. The lowest BCUT2D eigenvalue weighted by Crippen LogP contribution is -2.44. The number of carbonyl (C=O) groups is 3. The van der Waals surface area contributed by atoms with Crippen molar-refractivity contribution in [2.45, 2.75) is 12.8 Å². The summed E-state index contributed by atoms with van der Waals surface area (Å²) in [6, 6.07) is 0. The van der Waals surface area contributed by atoms with Crippen LogP contribution in [0.15, 0.2) is 0 Å². The van der Waals surface area contributed by atoms with Gasteiger partial charge in [0.1, 0.15) is 12.0 Å². The van der Waals surface area contributed by atoms with E-state index in [4.69, 9.17) is 5.11 Å². The van der Waals surface area contributed by atoms with E-state index < -0.39 is 17.3 Å². The molecule has 0 aromatic carbocycles. The molecule has 1 rings (SSSR count). The van der Waals surface area contributed by atoms with Gasteiger partial charge in [0.2, 0.25) is 11.8 Å². The van der Waals surface area contributed by atoms with Gasteiger partial charge in [-0.15, -0.1) is 0 Å². The van der Waals surface area contributed by atoms with Gasteiger partial charge in [0.25, 0.3) is 0 Å². The molecule has 0 heterocycles. The van der Waals surface area contributed by atoms with E-state index in [1.165, 1.54) is 14.1 Å². The molecule has 0 bridgehead atoms. The van der Waals surface area contributed by atoms with E-state index in [1.807, 2.05) is 0 Å². The SMILES string of the molecule is CNC(=O)C1(C(=O)N(C)CC(=O)O)CC1. The monoisotopic (exact) mass is 214 g/mol. The summed E-state index contributed by atoms with van der Waals surface area (Å²) in [5.41, 5.74) is -1.00. The number of hydrogen-bond acceptors (Lipinski definition) is 3. The molecule has 1 aliphatic carbocycles. The summed E-state index contributed by atoms with van der Waals surface area (Å²) < 4.78 is 0. The Morgan fingerprint density at radius 1 is 1.40 bits per heavy atom. The second-order valence-corrected chi connectivity index (χ2v) is 3.72. The third kappa shape index (κ3) is 2.08. The number of carbonyl (C=O) groups excluding carboxylic acids is 2. The van der Waals surface area contributed by atoms with Crippen LogP contribution in [0.5, 0.6) is 0 Å². The molecule has 2 N–H and O–H groups in total. The molecule has 1 fully saturated rings. The standard InChI is InChI=1S/C9H14N2O4/c1-10-7(14)9(3-4-9)8(15)11(2)5-6(12)13/h3-5H2,1-2H3,(H,10,14)(H,12,13). The van der Waals surface area contributed by atoms with Crippen LogP contribution < -0.4 is 5.32 Å². The van der Waals surface area contributed by atoms with Gasteiger partial charge < -0.3 is 15.3 Å². The van der Waals surface area contributed by atoms with Crippen LogP contribution in [0.4, 0.5) is 0 Å². The summed E-state index contributed by atoms with van der Waals surface area (Å²) in [5, 5.41) is 10.9. The Morgan fingerprint density at radius 2 is 1.93 bits per heavy atom. The van der Waals surface area contributed by atoms with E-state index in [0.29, 0.717) is 12.8 Å². The molecule has 0 saturated heterocycles. The third-order valence-corrected chi connectivity index (χ3v) is 2.54. The van der Waals surface area contributed by atoms with Crippen LogP contribution in [-0.4, -0.2) is 48.4 Å². The fraction of sp³-hybridized carbons (Fsp3) is 0.667. The van der Waals surface area contributed by atoms with Crippen molar-refractivity contribution >= 4 is 17.8 Å². The first-order valence-corrected chi connectivity index (χ1v) is 4.63. The van der Waals surface area contributed by atoms with Gasteiger partial charge in [-0.3, -0.25) is 14.4 Å². The second-order valence-electron chi connectivity index (χ2n) is 3.72. The van der Waals surface area contributed by atoms with E-state index in [0.717, 1.165) is 4.90 Å². The van der Waals surface area contributed by atoms with E-state index in [-0.39, 0.29) is 12.5 Å². The first kappa shape index (κ1) is 11.5. The minimum absolute atomic E-state index is 0.329. The van der Waals surface area contributed by atoms with Gasteiger partial charge in [0, 0.05) is 14.1 Å². The highest BCUT2D eigenvalue weighted by Crippen LogP contribution is 2.47. The van der Waals surface area contributed by atoms with E-state index >= 15 is 0 Å². The van der Waals surface area contributed by atoms with Crippen LogP contribution in [0.2, 0.25) is 0 Å². The molecule has 6 heteroatoms. The lowest BCUT2D eigenvalue weighted by atomic mass is 10.0. The number of nitrogens with zero attached hydrogens (tertiary/aromatic N) is 1. The summed E-state index contributed by atoms with van der Waals surface area (Å²) in [5.74, 6) is -1.83. The van der Waals surface area contributed by atoms with Gasteiger partial charge in [-0.25, -0.2) is 0 Å². The lowest BCUT2D eigenvalue weighted by molar-refractivity contribution is -0.149. The maximum atomic E-state index is 11.8. The Morgan fingerprint density at radius 3 is 2.27 bits per heavy atom. The highest BCUT2D eigenvalue weighted by Gasteiger charge is 2.57. The summed E-state index contributed by atoms with van der Waals surface area (Å²) in [4.78, 5) is 34.7. The summed E-state index contributed by atoms with van der Waals surface area (Å²) in [6.07, 6.45) is 0.991. The predicted octanol–water partition coefficient (Wildman–Crippen LogP) is -0.944. The Kier molecular flexibility index (Phi) is 2.97. The average Bonchev–Trinajstić information content (AvgIpc) is 2.95. The Bertz CT molecular complexity index is 309. The molecular weight excluding hydrogens is 200 g/mol. The second kappa shape index (κ2) is 3.88. The Balaban J connectivity index is 2.68. The van der Waals surface area contributed by atoms with Crippen molar-refractivity contribution in [2.75, 3.05) is 20.6 Å². The lowest BCUT2D eigenvalue weighted by Gasteiger charge is -2.20. The Hall–Kier alpha value is -1.59. The molecule has 0 spiro atoms. The number of carboxylic acid groups (broad SMARTS) is 1. The van der Waals surface area contributed by atoms with Gasteiger partial charge in [-0.2, -0.15) is 0 Å². The molecule has 0 radical (unpaired) electrons. The number of nitrogens with one attached hydrogen (secondary N) is 1.